The summed E-state index contributed by atoms with van der Waals surface area (Å²) in [6.07, 6.45) is 2.09. The molecule has 0 bridgehead atoms. The van der Waals surface area contributed by atoms with Crippen LogP contribution in [0.1, 0.15) is 24.0 Å². The zero-order valence-electron chi connectivity index (χ0n) is 10.7. The first-order chi connectivity index (χ1) is 8.66. The highest BCUT2D eigenvalue weighted by atomic mass is 16.5. The van der Waals surface area contributed by atoms with Crippen LogP contribution in [0.15, 0.2) is 18.2 Å². The SMILES string of the molecule is Cc1ccc(OCC2CCOCC2)c(C(=N)N)c1. The molecular weight excluding hydrogens is 228 g/mol. The minimum Gasteiger partial charge on any atom is -0.493 e. The Labute approximate surface area is 108 Å². The van der Waals surface area contributed by atoms with Gasteiger partial charge in [0.25, 0.3) is 0 Å². The van der Waals surface area contributed by atoms with Gasteiger partial charge in [-0.1, -0.05) is 11.6 Å². The van der Waals surface area contributed by atoms with Crippen LogP contribution in [0.3, 0.4) is 0 Å². The number of hydrogen-bond donors (Lipinski definition) is 2. The van der Waals surface area contributed by atoms with Crippen LogP contribution in [0.4, 0.5) is 0 Å². The Hall–Kier alpha value is -1.55. The molecule has 0 unspecified atom stereocenters. The van der Waals surface area contributed by atoms with Crippen LogP contribution in [-0.2, 0) is 4.74 Å². The van der Waals surface area contributed by atoms with Crippen molar-refractivity contribution in [3.8, 4) is 5.75 Å². The largest absolute Gasteiger partial charge is 0.493 e. The molecule has 0 aromatic heterocycles. The number of nitrogens with one attached hydrogen (secondary N) is 1. The molecule has 4 nitrogen and oxygen atoms in total. The molecule has 98 valence electrons. The van der Waals surface area contributed by atoms with E-state index >= 15 is 0 Å². The standard InChI is InChI=1S/C14H20N2O2/c1-10-2-3-13(12(8-10)14(15)16)18-9-11-4-6-17-7-5-11/h2-3,8,11H,4-7,9H2,1H3,(H3,15,16). The summed E-state index contributed by atoms with van der Waals surface area (Å²) in [6, 6.07) is 5.76. The number of nitrogens with two attached hydrogens (primary N) is 1. The second-order valence-electron chi connectivity index (χ2n) is 4.78. The number of rotatable bonds is 4. The summed E-state index contributed by atoms with van der Waals surface area (Å²) < 4.78 is 11.1. The lowest BCUT2D eigenvalue weighted by Crippen LogP contribution is -2.22. The molecule has 0 aliphatic carbocycles. The van der Waals surface area contributed by atoms with Gasteiger partial charge in [-0.05, 0) is 37.8 Å². The van der Waals surface area contributed by atoms with Crippen LogP contribution in [0, 0.1) is 18.3 Å². The van der Waals surface area contributed by atoms with Gasteiger partial charge in [0.2, 0.25) is 0 Å². The first kappa shape index (κ1) is 12.9. The molecule has 0 saturated carbocycles. The van der Waals surface area contributed by atoms with Crippen LogP contribution in [0.5, 0.6) is 5.75 Å². The molecule has 1 aromatic rings. The normalized spacial score (nSPS) is 16.5. The smallest absolute Gasteiger partial charge is 0.130 e. The Kier molecular flexibility index (Phi) is 4.20. The first-order valence-corrected chi connectivity index (χ1v) is 6.32. The molecule has 0 spiro atoms. The maximum Gasteiger partial charge on any atom is 0.130 e. The predicted molar refractivity (Wildman–Crippen MR) is 71.2 cm³/mol. The van der Waals surface area contributed by atoms with Gasteiger partial charge in [0.1, 0.15) is 11.6 Å². The molecule has 1 fully saturated rings. The predicted octanol–water partition coefficient (Wildman–Crippen LogP) is 2.08. The Balaban J connectivity index is 2.01. The van der Waals surface area contributed by atoms with Gasteiger partial charge in [-0.3, -0.25) is 5.41 Å². The molecule has 3 N–H and O–H groups in total. The summed E-state index contributed by atoms with van der Waals surface area (Å²) in [5.41, 5.74) is 7.34. The zero-order valence-corrected chi connectivity index (χ0v) is 10.7. The molecule has 1 heterocycles. The fourth-order valence-electron chi connectivity index (χ4n) is 2.10. The Morgan fingerprint density at radius 2 is 2.17 bits per heavy atom. The van der Waals surface area contributed by atoms with Crippen molar-refractivity contribution >= 4 is 5.84 Å². The van der Waals surface area contributed by atoms with Crippen molar-refractivity contribution in [3.05, 3.63) is 29.3 Å². The van der Waals surface area contributed by atoms with Gasteiger partial charge >= 0.3 is 0 Å². The van der Waals surface area contributed by atoms with E-state index in [1.54, 1.807) is 0 Å². The topological polar surface area (TPSA) is 68.3 Å². The maximum atomic E-state index is 7.57. The van der Waals surface area contributed by atoms with Gasteiger partial charge in [-0.25, -0.2) is 0 Å². The lowest BCUT2D eigenvalue weighted by molar-refractivity contribution is 0.0497. The van der Waals surface area contributed by atoms with Crippen molar-refractivity contribution in [2.75, 3.05) is 19.8 Å². The summed E-state index contributed by atoms with van der Waals surface area (Å²) in [5, 5.41) is 7.57. The minimum atomic E-state index is 0.0562. The van der Waals surface area contributed by atoms with E-state index in [1.165, 1.54) is 0 Å². The van der Waals surface area contributed by atoms with Crippen LogP contribution < -0.4 is 10.5 Å². The third kappa shape index (κ3) is 3.23. The summed E-state index contributed by atoms with van der Waals surface area (Å²) in [6.45, 7) is 4.30. The van der Waals surface area contributed by atoms with E-state index in [1.807, 2.05) is 25.1 Å². The van der Waals surface area contributed by atoms with Crippen LogP contribution >= 0.6 is 0 Å². The number of hydrogen-bond acceptors (Lipinski definition) is 3. The van der Waals surface area contributed by atoms with Crippen molar-refractivity contribution in [3.63, 3.8) is 0 Å². The van der Waals surface area contributed by atoms with E-state index in [4.69, 9.17) is 20.6 Å². The fraction of sp³-hybridized carbons (Fsp3) is 0.500. The van der Waals surface area contributed by atoms with Crippen molar-refractivity contribution in [1.29, 1.82) is 5.41 Å². The Bertz CT molecular complexity index is 426. The molecule has 0 amide bonds. The lowest BCUT2D eigenvalue weighted by atomic mass is 10.0. The van der Waals surface area contributed by atoms with E-state index < -0.39 is 0 Å². The third-order valence-corrected chi connectivity index (χ3v) is 3.24. The van der Waals surface area contributed by atoms with Crippen LogP contribution in [-0.4, -0.2) is 25.7 Å². The van der Waals surface area contributed by atoms with E-state index in [0.29, 0.717) is 23.8 Å². The molecular formula is C14H20N2O2. The van der Waals surface area contributed by atoms with Gasteiger partial charge < -0.3 is 15.2 Å². The molecule has 1 aromatic carbocycles. The maximum absolute atomic E-state index is 7.57. The number of nitrogen functional groups attached to an aromatic ring is 1. The highest BCUT2D eigenvalue weighted by molar-refractivity contribution is 5.97. The average Bonchev–Trinajstić information content (AvgIpc) is 2.38. The molecule has 1 aliphatic rings. The highest BCUT2D eigenvalue weighted by Crippen LogP contribution is 2.22. The number of benzene rings is 1. The average molecular weight is 248 g/mol. The van der Waals surface area contributed by atoms with Crippen LogP contribution in [0.25, 0.3) is 0 Å². The molecule has 1 saturated heterocycles. The molecule has 2 rings (SSSR count). The van der Waals surface area contributed by atoms with E-state index in [-0.39, 0.29) is 5.84 Å². The number of aryl methyl sites for hydroxylation is 1. The minimum absolute atomic E-state index is 0.0562. The van der Waals surface area contributed by atoms with Gasteiger partial charge in [0.05, 0.1) is 12.2 Å². The Morgan fingerprint density at radius 3 is 2.83 bits per heavy atom. The second kappa shape index (κ2) is 5.87. The Morgan fingerprint density at radius 1 is 1.44 bits per heavy atom. The van der Waals surface area contributed by atoms with E-state index in [9.17, 15) is 0 Å². The molecule has 18 heavy (non-hydrogen) atoms. The monoisotopic (exact) mass is 248 g/mol. The summed E-state index contributed by atoms with van der Waals surface area (Å²) >= 11 is 0. The third-order valence-electron chi connectivity index (χ3n) is 3.24. The van der Waals surface area contributed by atoms with Gasteiger partial charge in [-0.2, -0.15) is 0 Å². The summed E-state index contributed by atoms with van der Waals surface area (Å²) in [4.78, 5) is 0. The summed E-state index contributed by atoms with van der Waals surface area (Å²) in [7, 11) is 0. The van der Waals surface area contributed by atoms with Crippen molar-refractivity contribution in [1.82, 2.24) is 0 Å². The first-order valence-electron chi connectivity index (χ1n) is 6.32. The van der Waals surface area contributed by atoms with Crippen molar-refractivity contribution < 1.29 is 9.47 Å². The summed E-state index contributed by atoms with van der Waals surface area (Å²) in [5.74, 6) is 1.31. The molecule has 4 heteroatoms. The van der Waals surface area contributed by atoms with Crippen LogP contribution in [0.2, 0.25) is 0 Å². The van der Waals surface area contributed by atoms with Gasteiger partial charge in [-0.15, -0.1) is 0 Å². The number of amidine groups is 1. The quantitative estimate of drug-likeness (QED) is 0.633. The number of ether oxygens (including phenoxy) is 2. The zero-order chi connectivity index (χ0) is 13.0. The van der Waals surface area contributed by atoms with Gasteiger partial charge in [0, 0.05) is 13.2 Å². The highest BCUT2D eigenvalue weighted by Gasteiger charge is 2.15. The fourth-order valence-corrected chi connectivity index (χ4v) is 2.10. The van der Waals surface area contributed by atoms with Gasteiger partial charge in [0.15, 0.2) is 0 Å². The lowest BCUT2D eigenvalue weighted by Gasteiger charge is -2.22. The second-order valence-corrected chi connectivity index (χ2v) is 4.78. The molecule has 0 atom stereocenters. The van der Waals surface area contributed by atoms with Crippen molar-refractivity contribution in [2.45, 2.75) is 19.8 Å². The van der Waals surface area contributed by atoms with Crippen molar-refractivity contribution in [2.24, 2.45) is 11.7 Å². The molecule has 1 aliphatic heterocycles. The molecule has 0 radical (unpaired) electrons. The van der Waals surface area contributed by atoms with E-state index in [2.05, 4.69) is 0 Å². The van der Waals surface area contributed by atoms with E-state index in [0.717, 1.165) is 31.6 Å².